The van der Waals surface area contributed by atoms with E-state index in [0.717, 1.165) is 25.1 Å². The average molecular weight is 239 g/mol. The third-order valence-electron chi connectivity index (χ3n) is 2.71. The molecule has 1 heterocycles. The monoisotopic (exact) mass is 239 g/mol. The van der Waals surface area contributed by atoms with Crippen LogP contribution in [0.2, 0.25) is 0 Å². The van der Waals surface area contributed by atoms with Crippen molar-refractivity contribution in [1.29, 1.82) is 0 Å². The maximum Gasteiger partial charge on any atom is 0.108 e. The van der Waals surface area contributed by atoms with E-state index in [1.54, 1.807) is 6.26 Å². The van der Waals surface area contributed by atoms with E-state index in [1.807, 2.05) is 0 Å². The van der Waals surface area contributed by atoms with Crippen LogP contribution in [0.15, 0.2) is 16.7 Å². The second-order valence-electron chi connectivity index (χ2n) is 4.54. The fraction of sp³-hybridized carbons (Fsp3) is 0.714. The van der Waals surface area contributed by atoms with Crippen molar-refractivity contribution in [3.8, 4) is 0 Å². The summed E-state index contributed by atoms with van der Waals surface area (Å²) in [5, 5.41) is 3.52. The molecule has 0 fully saturated rings. The van der Waals surface area contributed by atoms with E-state index in [9.17, 15) is 0 Å². The highest BCUT2D eigenvalue weighted by molar-refractivity contribution is 5.21. The van der Waals surface area contributed by atoms with Crippen LogP contribution in [0.5, 0.6) is 0 Å². The highest BCUT2D eigenvalue weighted by Gasteiger charge is 2.17. The Morgan fingerprint density at radius 2 is 2.12 bits per heavy atom. The molecule has 1 atom stereocenters. The second-order valence-corrected chi connectivity index (χ2v) is 4.54. The standard InChI is InChI=1S/C14H25NO2/c1-5-8-15-13(10-17-11(3)4)12-7-9-16-14(12)6-2/h7,9,11,13,15H,5-6,8,10H2,1-4H3. The van der Waals surface area contributed by atoms with Crippen LogP contribution in [0.4, 0.5) is 0 Å². The first-order valence-corrected chi connectivity index (χ1v) is 6.60. The molecule has 3 heteroatoms. The zero-order valence-corrected chi connectivity index (χ0v) is 11.5. The molecule has 0 saturated heterocycles. The molecule has 0 radical (unpaired) electrons. The van der Waals surface area contributed by atoms with Crippen LogP contribution in [-0.4, -0.2) is 19.3 Å². The third-order valence-corrected chi connectivity index (χ3v) is 2.71. The van der Waals surface area contributed by atoms with Crippen molar-refractivity contribution in [3.05, 3.63) is 23.7 Å². The molecule has 1 rings (SSSR count). The summed E-state index contributed by atoms with van der Waals surface area (Å²) in [5.74, 6) is 1.06. The quantitative estimate of drug-likeness (QED) is 0.755. The minimum atomic E-state index is 0.242. The van der Waals surface area contributed by atoms with Crippen molar-refractivity contribution in [2.75, 3.05) is 13.2 Å². The topological polar surface area (TPSA) is 34.4 Å². The maximum absolute atomic E-state index is 5.72. The lowest BCUT2D eigenvalue weighted by Gasteiger charge is -2.20. The minimum absolute atomic E-state index is 0.242. The summed E-state index contributed by atoms with van der Waals surface area (Å²) in [5.41, 5.74) is 1.24. The zero-order chi connectivity index (χ0) is 12.7. The van der Waals surface area contributed by atoms with Gasteiger partial charge in [-0.2, -0.15) is 0 Å². The van der Waals surface area contributed by atoms with E-state index >= 15 is 0 Å². The normalized spacial score (nSPS) is 13.2. The SMILES string of the molecule is CCCNC(COC(C)C)c1ccoc1CC. The average Bonchev–Trinajstić information content (AvgIpc) is 2.77. The van der Waals surface area contributed by atoms with Gasteiger partial charge < -0.3 is 14.5 Å². The van der Waals surface area contributed by atoms with Gasteiger partial charge in [0.1, 0.15) is 5.76 Å². The number of aryl methyl sites for hydroxylation is 1. The first-order chi connectivity index (χ1) is 8.19. The zero-order valence-electron chi connectivity index (χ0n) is 11.5. The fourth-order valence-corrected chi connectivity index (χ4v) is 1.81. The predicted molar refractivity (Wildman–Crippen MR) is 70.2 cm³/mol. The molecular formula is C14H25NO2. The van der Waals surface area contributed by atoms with E-state index in [1.165, 1.54) is 5.56 Å². The van der Waals surface area contributed by atoms with Crippen molar-refractivity contribution in [3.63, 3.8) is 0 Å². The van der Waals surface area contributed by atoms with Crippen LogP contribution in [-0.2, 0) is 11.2 Å². The molecule has 0 saturated carbocycles. The Morgan fingerprint density at radius 1 is 1.35 bits per heavy atom. The molecule has 1 aromatic rings. The first-order valence-electron chi connectivity index (χ1n) is 6.60. The van der Waals surface area contributed by atoms with Gasteiger partial charge in [0, 0.05) is 12.0 Å². The number of hydrogen-bond acceptors (Lipinski definition) is 3. The van der Waals surface area contributed by atoms with E-state index < -0.39 is 0 Å². The molecule has 0 amide bonds. The molecular weight excluding hydrogens is 214 g/mol. The lowest BCUT2D eigenvalue weighted by molar-refractivity contribution is 0.0608. The van der Waals surface area contributed by atoms with E-state index in [-0.39, 0.29) is 12.1 Å². The molecule has 98 valence electrons. The van der Waals surface area contributed by atoms with Crippen LogP contribution in [0.3, 0.4) is 0 Å². The summed E-state index contributed by atoms with van der Waals surface area (Å²) in [7, 11) is 0. The summed E-state index contributed by atoms with van der Waals surface area (Å²) in [6.07, 6.45) is 4.08. The molecule has 0 aliphatic heterocycles. The van der Waals surface area contributed by atoms with Gasteiger partial charge in [0.25, 0.3) is 0 Å². The van der Waals surface area contributed by atoms with Gasteiger partial charge in [-0.1, -0.05) is 13.8 Å². The van der Waals surface area contributed by atoms with Gasteiger partial charge in [-0.25, -0.2) is 0 Å². The van der Waals surface area contributed by atoms with Gasteiger partial charge in [0.2, 0.25) is 0 Å². The summed E-state index contributed by atoms with van der Waals surface area (Å²) < 4.78 is 11.2. The number of furan rings is 1. The number of rotatable bonds is 8. The Bertz CT molecular complexity index is 307. The molecule has 0 aromatic carbocycles. The highest BCUT2D eigenvalue weighted by Crippen LogP contribution is 2.21. The van der Waals surface area contributed by atoms with Gasteiger partial charge in [-0.05, 0) is 32.9 Å². The molecule has 0 aliphatic carbocycles. The lowest BCUT2D eigenvalue weighted by Crippen LogP contribution is -2.27. The Kier molecular flexibility index (Phi) is 6.30. The molecule has 17 heavy (non-hydrogen) atoms. The summed E-state index contributed by atoms with van der Waals surface area (Å²) in [6.45, 7) is 10.1. The van der Waals surface area contributed by atoms with Crippen LogP contribution in [0.25, 0.3) is 0 Å². The molecule has 0 aliphatic rings. The molecule has 0 bridgehead atoms. The number of nitrogens with one attached hydrogen (secondary N) is 1. The van der Waals surface area contributed by atoms with E-state index in [0.29, 0.717) is 6.61 Å². The van der Waals surface area contributed by atoms with Crippen LogP contribution >= 0.6 is 0 Å². The predicted octanol–water partition coefficient (Wildman–Crippen LogP) is 3.31. The van der Waals surface area contributed by atoms with E-state index in [2.05, 4.69) is 39.1 Å². The number of hydrogen-bond donors (Lipinski definition) is 1. The van der Waals surface area contributed by atoms with Crippen molar-refractivity contribution in [1.82, 2.24) is 5.32 Å². The molecule has 1 unspecified atom stereocenters. The van der Waals surface area contributed by atoms with Gasteiger partial charge in [-0.15, -0.1) is 0 Å². The molecule has 1 N–H and O–H groups in total. The van der Waals surface area contributed by atoms with Gasteiger partial charge >= 0.3 is 0 Å². The fourth-order valence-electron chi connectivity index (χ4n) is 1.81. The summed E-state index contributed by atoms with van der Waals surface area (Å²) in [4.78, 5) is 0. The van der Waals surface area contributed by atoms with Gasteiger partial charge in [0.05, 0.1) is 25.0 Å². The Balaban J connectivity index is 2.67. The molecule has 1 aromatic heterocycles. The van der Waals surface area contributed by atoms with Crippen molar-refractivity contribution < 1.29 is 9.15 Å². The van der Waals surface area contributed by atoms with Crippen LogP contribution in [0.1, 0.15) is 51.5 Å². The van der Waals surface area contributed by atoms with E-state index in [4.69, 9.17) is 9.15 Å². The maximum atomic E-state index is 5.72. The smallest absolute Gasteiger partial charge is 0.108 e. The minimum Gasteiger partial charge on any atom is -0.469 e. The highest BCUT2D eigenvalue weighted by atomic mass is 16.5. The van der Waals surface area contributed by atoms with Crippen LogP contribution < -0.4 is 5.32 Å². The number of ether oxygens (including phenoxy) is 1. The Labute approximate surface area is 105 Å². The third kappa shape index (κ3) is 4.52. The largest absolute Gasteiger partial charge is 0.469 e. The summed E-state index contributed by atoms with van der Waals surface area (Å²) in [6, 6.07) is 2.29. The van der Waals surface area contributed by atoms with Crippen molar-refractivity contribution >= 4 is 0 Å². The van der Waals surface area contributed by atoms with Gasteiger partial charge in [0.15, 0.2) is 0 Å². The van der Waals surface area contributed by atoms with Crippen molar-refractivity contribution in [2.45, 2.75) is 52.7 Å². The Hall–Kier alpha value is -0.800. The Morgan fingerprint density at radius 3 is 2.71 bits per heavy atom. The summed E-state index contributed by atoms with van der Waals surface area (Å²) >= 11 is 0. The molecule has 3 nitrogen and oxygen atoms in total. The molecule has 0 spiro atoms. The first kappa shape index (κ1) is 14.3. The van der Waals surface area contributed by atoms with Crippen molar-refractivity contribution in [2.24, 2.45) is 0 Å². The lowest BCUT2D eigenvalue weighted by atomic mass is 10.1. The van der Waals surface area contributed by atoms with Gasteiger partial charge in [-0.3, -0.25) is 0 Å². The van der Waals surface area contributed by atoms with Crippen LogP contribution in [0, 0.1) is 0 Å². The second kappa shape index (κ2) is 7.51.